The second-order valence-corrected chi connectivity index (χ2v) is 6.07. The zero-order valence-corrected chi connectivity index (χ0v) is 12.0. The van der Waals surface area contributed by atoms with E-state index < -0.39 is 0 Å². The van der Waals surface area contributed by atoms with Gasteiger partial charge in [-0.2, -0.15) is 0 Å². The minimum absolute atomic E-state index is 0.337. The Balaban J connectivity index is 1.70. The first-order valence-corrected chi connectivity index (χ1v) is 7.82. The van der Waals surface area contributed by atoms with Crippen LogP contribution in [0.4, 0.5) is 0 Å². The van der Waals surface area contributed by atoms with Crippen LogP contribution in [-0.2, 0) is 11.2 Å². The molecule has 0 spiro atoms. The molecule has 0 unspecified atom stereocenters. The topological polar surface area (TPSA) is 33.2 Å². The van der Waals surface area contributed by atoms with Gasteiger partial charge in [0.15, 0.2) is 0 Å². The quantitative estimate of drug-likeness (QED) is 0.838. The van der Waals surface area contributed by atoms with E-state index in [1.807, 2.05) is 6.92 Å². The molecule has 0 N–H and O–H groups in total. The summed E-state index contributed by atoms with van der Waals surface area (Å²) in [5.74, 6) is 0.337. The number of hydrogen-bond acceptors (Lipinski definition) is 3. The third kappa shape index (κ3) is 4.09. The molecule has 1 aromatic rings. The van der Waals surface area contributed by atoms with Gasteiger partial charge in [0.1, 0.15) is 0 Å². The molecule has 0 aliphatic carbocycles. The molecule has 2 rings (SSSR count). The highest BCUT2D eigenvalue weighted by molar-refractivity contribution is 7.09. The number of aromatic nitrogens is 1. The molecular weight excluding hydrogens is 244 g/mol. The van der Waals surface area contributed by atoms with Gasteiger partial charge in [-0.3, -0.25) is 4.79 Å². The average molecular weight is 266 g/mol. The summed E-state index contributed by atoms with van der Waals surface area (Å²) in [5.41, 5.74) is 1.14. The molecule has 1 fully saturated rings. The van der Waals surface area contributed by atoms with Gasteiger partial charge in [0.05, 0.1) is 10.7 Å². The predicted octanol–water partition coefficient (Wildman–Crippen LogP) is 3.18. The van der Waals surface area contributed by atoms with Gasteiger partial charge < -0.3 is 4.90 Å². The number of nitrogens with zero attached hydrogens (tertiary/aromatic N) is 2. The fraction of sp³-hybridized carbons (Fsp3) is 0.714. The van der Waals surface area contributed by atoms with Crippen molar-refractivity contribution < 1.29 is 4.79 Å². The van der Waals surface area contributed by atoms with E-state index >= 15 is 0 Å². The number of amides is 1. The summed E-state index contributed by atoms with van der Waals surface area (Å²) < 4.78 is 0. The van der Waals surface area contributed by atoms with Crippen molar-refractivity contribution in [3.05, 3.63) is 16.1 Å². The molecule has 1 aromatic heterocycles. The van der Waals surface area contributed by atoms with E-state index in [0.29, 0.717) is 12.3 Å². The molecule has 0 saturated carbocycles. The zero-order chi connectivity index (χ0) is 12.8. The summed E-state index contributed by atoms with van der Waals surface area (Å²) >= 11 is 1.69. The summed E-state index contributed by atoms with van der Waals surface area (Å²) in [4.78, 5) is 18.5. The summed E-state index contributed by atoms with van der Waals surface area (Å²) in [7, 11) is 0. The second kappa shape index (κ2) is 6.88. The Morgan fingerprint density at radius 2 is 2.06 bits per heavy atom. The van der Waals surface area contributed by atoms with E-state index in [2.05, 4.69) is 15.3 Å². The number of thiazole rings is 1. The fourth-order valence-electron chi connectivity index (χ4n) is 2.42. The maximum atomic E-state index is 12.1. The number of carbonyl (C=O) groups is 1. The van der Waals surface area contributed by atoms with Crippen LogP contribution in [0.25, 0.3) is 0 Å². The lowest BCUT2D eigenvalue weighted by molar-refractivity contribution is -0.131. The Hall–Kier alpha value is -0.900. The van der Waals surface area contributed by atoms with E-state index in [1.54, 1.807) is 11.3 Å². The van der Waals surface area contributed by atoms with E-state index in [9.17, 15) is 4.79 Å². The van der Waals surface area contributed by atoms with E-state index in [0.717, 1.165) is 36.6 Å². The van der Waals surface area contributed by atoms with Gasteiger partial charge in [-0.05, 0) is 32.6 Å². The van der Waals surface area contributed by atoms with Crippen LogP contribution in [0.3, 0.4) is 0 Å². The lowest BCUT2D eigenvalue weighted by Crippen LogP contribution is -2.31. The minimum Gasteiger partial charge on any atom is -0.343 e. The van der Waals surface area contributed by atoms with Crippen molar-refractivity contribution in [2.45, 2.75) is 51.9 Å². The Morgan fingerprint density at radius 3 is 2.67 bits per heavy atom. The van der Waals surface area contributed by atoms with Crippen molar-refractivity contribution in [3.63, 3.8) is 0 Å². The molecule has 1 saturated heterocycles. The smallest absolute Gasteiger partial charge is 0.222 e. The molecule has 100 valence electrons. The van der Waals surface area contributed by atoms with Crippen molar-refractivity contribution in [2.24, 2.45) is 0 Å². The van der Waals surface area contributed by atoms with Crippen LogP contribution in [0.5, 0.6) is 0 Å². The average Bonchev–Trinajstić information content (AvgIpc) is 2.63. The molecule has 18 heavy (non-hydrogen) atoms. The molecule has 3 nitrogen and oxygen atoms in total. The maximum Gasteiger partial charge on any atom is 0.222 e. The summed E-state index contributed by atoms with van der Waals surface area (Å²) in [5, 5.41) is 3.22. The SMILES string of the molecule is Cc1nc(CCCC(=O)N2CCCCCC2)cs1. The largest absolute Gasteiger partial charge is 0.343 e. The highest BCUT2D eigenvalue weighted by Gasteiger charge is 2.14. The first-order chi connectivity index (χ1) is 8.75. The molecule has 1 aliphatic heterocycles. The number of aryl methyl sites for hydroxylation is 2. The molecular formula is C14H22N2OS. The van der Waals surface area contributed by atoms with Crippen molar-refractivity contribution >= 4 is 17.2 Å². The molecule has 4 heteroatoms. The Labute approximate surface area is 113 Å². The third-order valence-corrected chi connectivity index (χ3v) is 4.27. The van der Waals surface area contributed by atoms with E-state index in [-0.39, 0.29) is 0 Å². The Morgan fingerprint density at radius 1 is 1.33 bits per heavy atom. The maximum absolute atomic E-state index is 12.1. The first-order valence-electron chi connectivity index (χ1n) is 6.94. The van der Waals surface area contributed by atoms with Crippen LogP contribution in [0.2, 0.25) is 0 Å². The van der Waals surface area contributed by atoms with Gasteiger partial charge >= 0.3 is 0 Å². The van der Waals surface area contributed by atoms with Gasteiger partial charge in [-0.15, -0.1) is 11.3 Å². The molecule has 1 aliphatic rings. The van der Waals surface area contributed by atoms with Gasteiger partial charge in [-0.1, -0.05) is 12.8 Å². The van der Waals surface area contributed by atoms with Gasteiger partial charge in [0.25, 0.3) is 0 Å². The molecule has 2 heterocycles. The van der Waals surface area contributed by atoms with Gasteiger partial charge in [0.2, 0.25) is 5.91 Å². The van der Waals surface area contributed by atoms with Crippen molar-refractivity contribution in [2.75, 3.05) is 13.1 Å². The highest BCUT2D eigenvalue weighted by Crippen LogP contribution is 2.13. The summed E-state index contributed by atoms with van der Waals surface area (Å²) in [6.45, 7) is 3.96. The van der Waals surface area contributed by atoms with Crippen LogP contribution in [0, 0.1) is 6.92 Å². The molecule has 0 bridgehead atoms. The van der Waals surface area contributed by atoms with Gasteiger partial charge in [-0.25, -0.2) is 4.98 Å². The lowest BCUT2D eigenvalue weighted by atomic mass is 10.2. The number of carbonyl (C=O) groups excluding carboxylic acids is 1. The third-order valence-electron chi connectivity index (χ3n) is 3.45. The summed E-state index contributed by atoms with van der Waals surface area (Å²) in [6, 6.07) is 0. The second-order valence-electron chi connectivity index (χ2n) is 5.01. The van der Waals surface area contributed by atoms with Crippen LogP contribution in [0.1, 0.15) is 49.2 Å². The van der Waals surface area contributed by atoms with Crippen LogP contribution < -0.4 is 0 Å². The Bertz CT molecular complexity index is 381. The van der Waals surface area contributed by atoms with E-state index in [4.69, 9.17) is 0 Å². The fourth-order valence-corrected chi connectivity index (χ4v) is 3.07. The summed E-state index contributed by atoms with van der Waals surface area (Å²) in [6.07, 6.45) is 7.46. The number of rotatable bonds is 4. The molecule has 1 amide bonds. The predicted molar refractivity (Wildman–Crippen MR) is 74.8 cm³/mol. The lowest BCUT2D eigenvalue weighted by Gasteiger charge is -2.20. The van der Waals surface area contributed by atoms with Gasteiger partial charge in [0, 0.05) is 24.9 Å². The first kappa shape index (κ1) is 13.5. The van der Waals surface area contributed by atoms with E-state index in [1.165, 1.54) is 25.7 Å². The van der Waals surface area contributed by atoms with Crippen molar-refractivity contribution in [1.82, 2.24) is 9.88 Å². The molecule has 0 radical (unpaired) electrons. The van der Waals surface area contributed by atoms with Crippen molar-refractivity contribution in [3.8, 4) is 0 Å². The van der Waals surface area contributed by atoms with Crippen molar-refractivity contribution in [1.29, 1.82) is 0 Å². The standard InChI is InChI=1S/C14H22N2OS/c1-12-15-13(11-18-12)7-6-8-14(17)16-9-4-2-3-5-10-16/h11H,2-10H2,1H3. The highest BCUT2D eigenvalue weighted by atomic mass is 32.1. The normalized spacial score (nSPS) is 16.6. The van der Waals surface area contributed by atoms with Crippen LogP contribution in [-0.4, -0.2) is 28.9 Å². The minimum atomic E-state index is 0.337. The van der Waals surface area contributed by atoms with Crippen LogP contribution in [0.15, 0.2) is 5.38 Å². The Kier molecular flexibility index (Phi) is 5.17. The monoisotopic (exact) mass is 266 g/mol. The zero-order valence-electron chi connectivity index (χ0n) is 11.2. The number of hydrogen-bond donors (Lipinski definition) is 0. The van der Waals surface area contributed by atoms with Crippen LogP contribution >= 0.6 is 11.3 Å². The molecule has 0 atom stereocenters. The number of likely N-dealkylation sites (tertiary alicyclic amines) is 1. The molecule has 0 aromatic carbocycles.